The van der Waals surface area contributed by atoms with Crippen LogP contribution in [0.2, 0.25) is 0 Å². The second-order valence-electron chi connectivity index (χ2n) is 7.10. The number of benzene rings is 2. The molecule has 0 radical (unpaired) electrons. The van der Waals surface area contributed by atoms with Gasteiger partial charge >= 0.3 is 5.69 Å². The highest BCUT2D eigenvalue weighted by Gasteiger charge is 2.16. The molecule has 0 aliphatic carbocycles. The highest BCUT2D eigenvalue weighted by Crippen LogP contribution is 2.31. The van der Waals surface area contributed by atoms with Gasteiger partial charge in [-0.05, 0) is 34.9 Å². The Bertz CT molecular complexity index is 1340. The first-order valence-corrected chi connectivity index (χ1v) is 9.76. The molecule has 0 bridgehead atoms. The highest BCUT2D eigenvalue weighted by atomic mass is 16.5. The van der Waals surface area contributed by atoms with E-state index in [4.69, 9.17) is 9.47 Å². The average molecular weight is 401 g/mol. The maximum absolute atomic E-state index is 12.7. The molecular weight excluding hydrogens is 382 g/mol. The fourth-order valence-electron chi connectivity index (χ4n) is 3.70. The van der Waals surface area contributed by atoms with Crippen LogP contribution in [-0.2, 0) is 6.54 Å². The first kappa shape index (κ1) is 18.2. The van der Waals surface area contributed by atoms with Crippen molar-refractivity contribution in [1.82, 2.24) is 14.5 Å². The van der Waals surface area contributed by atoms with Crippen molar-refractivity contribution in [2.24, 2.45) is 0 Å². The minimum atomic E-state index is -0.502. The van der Waals surface area contributed by atoms with E-state index in [2.05, 4.69) is 9.97 Å². The molecule has 0 amide bonds. The second-order valence-corrected chi connectivity index (χ2v) is 7.10. The second kappa shape index (κ2) is 7.51. The van der Waals surface area contributed by atoms with Crippen molar-refractivity contribution in [3.8, 4) is 22.6 Å². The van der Waals surface area contributed by atoms with E-state index in [1.54, 1.807) is 12.3 Å². The number of nitrogens with zero attached hydrogens (tertiary/aromatic N) is 2. The molecule has 0 atom stereocenters. The van der Waals surface area contributed by atoms with Crippen LogP contribution in [0.3, 0.4) is 0 Å². The van der Waals surface area contributed by atoms with Crippen LogP contribution in [0.15, 0.2) is 70.4 Å². The Balaban J connectivity index is 1.64. The van der Waals surface area contributed by atoms with Gasteiger partial charge < -0.3 is 9.47 Å². The summed E-state index contributed by atoms with van der Waals surface area (Å²) in [4.78, 5) is 32.2. The van der Waals surface area contributed by atoms with Gasteiger partial charge in [-0.1, -0.05) is 36.4 Å². The molecule has 4 aromatic rings. The average Bonchev–Trinajstić information content (AvgIpc) is 3.02. The van der Waals surface area contributed by atoms with E-state index < -0.39 is 11.2 Å². The van der Waals surface area contributed by atoms with Crippen LogP contribution in [-0.4, -0.2) is 27.7 Å². The summed E-state index contributed by atoms with van der Waals surface area (Å²) in [6, 6.07) is 17.0. The number of rotatable bonds is 3. The Labute approximate surface area is 171 Å². The van der Waals surface area contributed by atoms with Gasteiger partial charge in [-0.15, -0.1) is 0 Å². The summed E-state index contributed by atoms with van der Waals surface area (Å²) in [6.45, 7) is 1.44. The third kappa shape index (κ3) is 3.24. The molecule has 0 saturated carbocycles. The van der Waals surface area contributed by atoms with E-state index in [9.17, 15) is 9.59 Å². The van der Waals surface area contributed by atoms with Crippen LogP contribution in [0.4, 0.5) is 0 Å². The largest absolute Gasteiger partial charge is 0.490 e. The number of ether oxygens (including phenoxy) is 2. The molecule has 1 aliphatic rings. The van der Waals surface area contributed by atoms with Crippen molar-refractivity contribution < 1.29 is 9.47 Å². The monoisotopic (exact) mass is 401 g/mol. The first-order chi connectivity index (χ1) is 14.7. The summed E-state index contributed by atoms with van der Waals surface area (Å²) in [7, 11) is 0. The molecule has 5 rings (SSSR count). The normalized spacial score (nSPS) is 13.2. The molecule has 7 nitrogen and oxygen atoms in total. The number of aromatic nitrogens is 3. The van der Waals surface area contributed by atoms with Crippen LogP contribution >= 0.6 is 0 Å². The molecule has 30 heavy (non-hydrogen) atoms. The van der Waals surface area contributed by atoms with Gasteiger partial charge in [0.2, 0.25) is 0 Å². The summed E-state index contributed by atoms with van der Waals surface area (Å²) in [5, 5.41) is 0.387. The van der Waals surface area contributed by atoms with Gasteiger partial charge in [0.15, 0.2) is 11.5 Å². The number of aromatic amines is 1. The van der Waals surface area contributed by atoms with Crippen molar-refractivity contribution >= 4 is 11.0 Å². The molecule has 0 saturated heterocycles. The highest BCUT2D eigenvalue weighted by molar-refractivity contribution is 5.91. The van der Waals surface area contributed by atoms with Gasteiger partial charge in [0.1, 0.15) is 5.65 Å². The quantitative estimate of drug-likeness (QED) is 0.570. The lowest BCUT2D eigenvalue weighted by atomic mass is 10.0. The van der Waals surface area contributed by atoms with Crippen molar-refractivity contribution in [2.45, 2.75) is 13.0 Å². The molecule has 2 aromatic heterocycles. The molecule has 0 spiro atoms. The Morgan fingerprint density at radius 2 is 1.77 bits per heavy atom. The molecule has 0 unspecified atom stereocenters. The maximum atomic E-state index is 12.7. The number of hydrogen-bond donors (Lipinski definition) is 1. The predicted octanol–water partition coefficient (Wildman–Crippen LogP) is 2.96. The van der Waals surface area contributed by atoms with Gasteiger partial charge in [-0.2, -0.15) is 0 Å². The molecule has 1 N–H and O–H groups in total. The summed E-state index contributed by atoms with van der Waals surface area (Å²) < 4.78 is 12.9. The third-order valence-corrected chi connectivity index (χ3v) is 5.12. The molecular formula is C23H19N3O4. The first-order valence-electron chi connectivity index (χ1n) is 9.76. The fraction of sp³-hybridized carbons (Fsp3) is 0.174. The number of nitrogens with one attached hydrogen (secondary N) is 1. The lowest BCUT2D eigenvalue weighted by Crippen LogP contribution is -2.31. The summed E-state index contributed by atoms with van der Waals surface area (Å²) in [5.41, 5.74) is 1.86. The van der Waals surface area contributed by atoms with Crippen molar-refractivity contribution in [3.63, 3.8) is 0 Å². The van der Waals surface area contributed by atoms with Crippen LogP contribution in [0.1, 0.15) is 12.0 Å². The molecule has 0 fully saturated rings. The van der Waals surface area contributed by atoms with Gasteiger partial charge in [-0.25, -0.2) is 9.78 Å². The van der Waals surface area contributed by atoms with Gasteiger partial charge in [-0.3, -0.25) is 14.3 Å². The Morgan fingerprint density at radius 3 is 2.60 bits per heavy atom. The standard InChI is InChI=1S/C23H19N3O4/c27-22-20-17(16-5-2-1-3-6-16)9-10-24-21(20)26(23(28)25-22)14-15-7-8-18-19(13-15)30-12-4-11-29-18/h1-3,5-10,13H,4,11-12,14H2,(H,25,27,28). The lowest BCUT2D eigenvalue weighted by Gasteiger charge is -2.13. The van der Waals surface area contributed by atoms with Gasteiger partial charge in [0.25, 0.3) is 5.56 Å². The van der Waals surface area contributed by atoms with E-state index in [1.165, 1.54) is 4.57 Å². The van der Waals surface area contributed by atoms with E-state index in [0.717, 1.165) is 23.1 Å². The minimum absolute atomic E-state index is 0.244. The molecule has 2 aromatic carbocycles. The summed E-state index contributed by atoms with van der Waals surface area (Å²) >= 11 is 0. The third-order valence-electron chi connectivity index (χ3n) is 5.12. The molecule has 7 heteroatoms. The number of H-pyrrole nitrogens is 1. The minimum Gasteiger partial charge on any atom is -0.490 e. The Hall–Kier alpha value is -3.87. The summed E-state index contributed by atoms with van der Waals surface area (Å²) in [6.07, 6.45) is 2.44. The van der Waals surface area contributed by atoms with Crippen molar-refractivity contribution in [3.05, 3.63) is 87.2 Å². The molecule has 150 valence electrons. The maximum Gasteiger partial charge on any atom is 0.330 e. The lowest BCUT2D eigenvalue weighted by molar-refractivity contribution is 0.297. The molecule has 3 heterocycles. The van der Waals surface area contributed by atoms with Crippen LogP contribution in [0, 0.1) is 0 Å². The fourth-order valence-corrected chi connectivity index (χ4v) is 3.70. The summed E-state index contributed by atoms with van der Waals surface area (Å²) in [5.74, 6) is 1.35. The zero-order chi connectivity index (χ0) is 20.5. The van der Waals surface area contributed by atoms with E-state index >= 15 is 0 Å². The van der Waals surface area contributed by atoms with Crippen LogP contribution in [0.5, 0.6) is 11.5 Å². The van der Waals surface area contributed by atoms with Gasteiger partial charge in [0.05, 0.1) is 25.1 Å². The van der Waals surface area contributed by atoms with E-state index in [1.807, 2.05) is 48.5 Å². The van der Waals surface area contributed by atoms with E-state index in [0.29, 0.717) is 35.7 Å². The van der Waals surface area contributed by atoms with Crippen LogP contribution in [0.25, 0.3) is 22.2 Å². The smallest absolute Gasteiger partial charge is 0.330 e. The van der Waals surface area contributed by atoms with Crippen molar-refractivity contribution in [2.75, 3.05) is 13.2 Å². The SMILES string of the molecule is O=c1[nH]c(=O)n(Cc2ccc3c(c2)OCCCO3)c2nccc(-c3ccccc3)c12. The Kier molecular flexibility index (Phi) is 4.55. The van der Waals surface area contributed by atoms with Crippen LogP contribution < -0.4 is 20.7 Å². The topological polar surface area (TPSA) is 86.2 Å². The number of hydrogen-bond acceptors (Lipinski definition) is 5. The number of fused-ring (bicyclic) bond motifs is 2. The predicted molar refractivity (Wildman–Crippen MR) is 113 cm³/mol. The zero-order valence-electron chi connectivity index (χ0n) is 16.1. The zero-order valence-corrected chi connectivity index (χ0v) is 16.1. The Morgan fingerprint density at radius 1 is 0.967 bits per heavy atom. The number of pyridine rings is 1. The van der Waals surface area contributed by atoms with E-state index in [-0.39, 0.29) is 6.54 Å². The van der Waals surface area contributed by atoms with Gasteiger partial charge in [0, 0.05) is 12.6 Å². The molecule has 1 aliphatic heterocycles. The van der Waals surface area contributed by atoms with Crippen molar-refractivity contribution in [1.29, 1.82) is 0 Å².